The summed E-state index contributed by atoms with van der Waals surface area (Å²) >= 11 is 7.66. The Bertz CT molecular complexity index is 976. The van der Waals surface area contributed by atoms with Gasteiger partial charge in [0.2, 0.25) is 0 Å². The summed E-state index contributed by atoms with van der Waals surface area (Å²) in [4.78, 5) is 10.9. The van der Waals surface area contributed by atoms with E-state index in [9.17, 15) is 0 Å². The molecule has 2 aromatic rings. The maximum atomic E-state index is 6.34. The number of piperazine rings is 1. The Hall–Kier alpha value is -1.77. The lowest BCUT2D eigenvalue weighted by Gasteiger charge is -2.37. The second-order valence-electron chi connectivity index (χ2n) is 8.54. The van der Waals surface area contributed by atoms with Crippen LogP contribution in [0.25, 0.3) is 5.57 Å². The van der Waals surface area contributed by atoms with E-state index in [1.165, 1.54) is 0 Å². The van der Waals surface area contributed by atoms with Crippen LogP contribution in [0.4, 0.5) is 0 Å². The summed E-state index contributed by atoms with van der Waals surface area (Å²) in [5.74, 6) is 1.12. The van der Waals surface area contributed by atoms with Crippen molar-refractivity contribution < 1.29 is 9.15 Å². The molecule has 0 aliphatic carbocycles. The number of benzene rings is 1. The topological polar surface area (TPSA) is 53.8 Å². The minimum absolute atomic E-state index is 0.224. The Morgan fingerprint density at radius 2 is 1.84 bits per heavy atom. The van der Waals surface area contributed by atoms with Crippen LogP contribution in [0.1, 0.15) is 30.3 Å². The highest BCUT2D eigenvalue weighted by atomic mass is 35.5. The average Bonchev–Trinajstić information content (AvgIpc) is 3.25. The maximum absolute atomic E-state index is 6.34. The lowest BCUT2D eigenvalue weighted by Crippen LogP contribution is -2.52. The molecule has 1 N–H and O–H groups in total. The molecule has 0 bridgehead atoms. The van der Waals surface area contributed by atoms with Crippen molar-refractivity contribution in [2.24, 2.45) is 0 Å². The van der Waals surface area contributed by atoms with E-state index in [4.69, 9.17) is 25.7 Å². The molecule has 2 fully saturated rings. The van der Waals surface area contributed by atoms with Gasteiger partial charge in [-0.25, -0.2) is 4.98 Å². The zero-order chi connectivity index (χ0) is 21.9. The van der Waals surface area contributed by atoms with E-state index < -0.39 is 0 Å². The summed E-state index contributed by atoms with van der Waals surface area (Å²) in [6.45, 7) is 5.86. The van der Waals surface area contributed by atoms with Crippen molar-refractivity contribution >= 4 is 28.9 Å². The first-order chi connectivity index (χ1) is 15.7. The normalized spacial score (nSPS) is 23.2. The largest absolute Gasteiger partial charge is 0.433 e. The van der Waals surface area contributed by atoms with Gasteiger partial charge in [-0.15, -0.1) is 0 Å². The van der Waals surface area contributed by atoms with Crippen LogP contribution in [0, 0.1) is 0 Å². The molecular weight excluding hydrogens is 444 g/mol. The molecule has 2 saturated heterocycles. The number of dihydropyridines is 1. The molecule has 8 heteroatoms. The average molecular weight is 473 g/mol. The Balaban J connectivity index is 1.37. The molecule has 0 radical (unpaired) electrons. The van der Waals surface area contributed by atoms with E-state index in [2.05, 4.69) is 40.5 Å². The third-order valence-electron chi connectivity index (χ3n) is 6.28. The second kappa shape index (κ2) is 10.0. The fraction of sp³-hybridized carbons (Fsp3) is 0.458. The van der Waals surface area contributed by atoms with Crippen LogP contribution in [0.2, 0.25) is 5.02 Å². The molecule has 6 nitrogen and oxygen atoms in total. The molecule has 32 heavy (non-hydrogen) atoms. The van der Waals surface area contributed by atoms with Gasteiger partial charge in [0.15, 0.2) is 11.0 Å². The summed E-state index contributed by atoms with van der Waals surface area (Å²) in [5.41, 5.74) is 1.95. The van der Waals surface area contributed by atoms with E-state index in [1.807, 2.05) is 24.3 Å². The summed E-state index contributed by atoms with van der Waals surface area (Å²) in [6.07, 6.45) is 8.62. The SMILES string of the molecule is CN1CCN(C2C=CC(c3nc(C4CCOCC4)oc3Sc3ccc(Cl)cc3)=CN2)CC1. The number of rotatable bonds is 5. The highest BCUT2D eigenvalue weighted by Crippen LogP contribution is 2.39. The first-order valence-electron chi connectivity index (χ1n) is 11.2. The molecule has 0 saturated carbocycles. The van der Waals surface area contributed by atoms with Gasteiger partial charge in [-0.1, -0.05) is 17.7 Å². The van der Waals surface area contributed by atoms with Gasteiger partial charge in [0.1, 0.15) is 5.69 Å². The summed E-state index contributed by atoms with van der Waals surface area (Å²) in [6, 6.07) is 7.84. The van der Waals surface area contributed by atoms with E-state index in [0.717, 1.165) is 84.4 Å². The van der Waals surface area contributed by atoms with Crippen molar-refractivity contribution in [1.29, 1.82) is 0 Å². The molecule has 3 aliphatic rings. The number of ether oxygens (including phenoxy) is 1. The van der Waals surface area contributed by atoms with Gasteiger partial charge in [0.05, 0.1) is 6.17 Å². The molecule has 5 rings (SSSR count). The van der Waals surface area contributed by atoms with E-state index >= 15 is 0 Å². The van der Waals surface area contributed by atoms with Crippen molar-refractivity contribution in [1.82, 2.24) is 20.1 Å². The molecule has 170 valence electrons. The second-order valence-corrected chi connectivity index (χ2v) is 10.0. The highest BCUT2D eigenvalue weighted by molar-refractivity contribution is 7.99. The lowest BCUT2D eigenvalue weighted by molar-refractivity contribution is 0.0786. The van der Waals surface area contributed by atoms with Crippen LogP contribution in [0.5, 0.6) is 0 Å². The minimum Gasteiger partial charge on any atom is -0.433 e. The first kappa shape index (κ1) is 22.0. The smallest absolute Gasteiger partial charge is 0.199 e. The van der Waals surface area contributed by atoms with Crippen LogP contribution >= 0.6 is 23.4 Å². The van der Waals surface area contributed by atoms with Gasteiger partial charge in [-0.05, 0) is 62.0 Å². The standard InChI is InChI=1S/C24H29ClN4O2S/c1-28-10-12-29(13-11-28)21-7-2-18(16-26-21)22-24(32-20-5-3-19(25)4-6-20)31-23(27-22)17-8-14-30-15-9-17/h2-7,16-17,21,26H,8-15H2,1H3. The summed E-state index contributed by atoms with van der Waals surface area (Å²) in [7, 11) is 2.18. The third kappa shape index (κ3) is 5.07. The Kier molecular flexibility index (Phi) is 6.90. The molecule has 0 spiro atoms. The minimum atomic E-state index is 0.224. The predicted octanol–water partition coefficient (Wildman–Crippen LogP) is 4.45. The Morgan fingerprint density at radius 1 is 1.09 bits per heavy atom. The van der Waals surface area contributed by atoms with Crippen LogP contribution in [0.3, 0.4) is 0 Å². The number of aromatic nitrogens is 1. The molecule has 3 aliphatic heterocycles. The Labute approximate surface area is 198 Å². The fourth-order valence-electron chi connectivity index (χ4n) is 4.25. The highest BCUT2D eigenvalue weighted by Gasteiger charge is 2.27. The first-order valence-corrected chi connectivity index (χ1v) is 12.4. The van der Waals surface area contributed by atoms with Gasteiger partial charge < -0.3 is 19.4 Å². The monoisotopic (exact) mass is 472 g/mol. The van der Waals surface area contributed by atoms with E-state index in [0.29, 0.717) is 5.92 Å². The number of hydrogen-bond acceptors (Lipinski definition) is 7. The van der Waals surface area contributed by atoms with Crippen LogP contribution in [-0.4, -0.2) is 67.4 Å². The van der Waals surface area contributed by atoms with Crippen molar-refractivity contribution in [2.75, 3.05) is 46.4 Å². The number of oxazole rings is 1. The van der Waals surface area contributed by atoms with Gasteiger partial charge in [-0.2, -0.15) is 0 Å². The fourth-order valence-corrected chi connectivity index (χ4v) is 5.25. The lowest BCUT2D eigenvalue weighted by atomic mass is 10.0. The molecule has 1 unspecified atom stereocenters. The zero-order valence-electron chi connectivity index (χ0n) is 18.3. The molecule has 0 amide bonds. The maximum Gasteiger partial charge on any atom is 0.199 e. The number of nitrogens with zero attached hydrogens (tertiary/aromatic N) is 3. The number of halogens is 1. The number of allylic oxidation sites excluding steroid dienone is 2. The zero-order valence-corrected chi connectivity index (χ0v) is 19.9. The van der Waals surface area contributed by atoms with Crippen LogP contribution in [0.15, 0.2) is 57.0 Å². The molecule has 1 atom stereocenters. The molecular formula is C24H29ClN4O2S. The van der Waals surface area contributed by atoms with E-state index in [1.54, 1.807) is 11.8 Å². The molecule has 1 aromatic heterocycles. The quantitative estimate of drug-likeness (QED) is 0.690. The van der Waals surface area contributed by atoms with Gasteiger partial charge >= 0.3 is 0 Å². The van der Waals surface area contributed by atoms with Crippen molar-refractivity contribution in [3.8, 4) is 0 Å². The number of hydrogen-bond donors (Lipinski definition) is 1. The van der Waals surface area contributed by atoms with Gasteiger partial charge in [-0.3, -0.25) is 4.90 Å². The van der Waals surface area contributed by atoms with Gasteiger partial charge in [0.25, 0.3) is 0 Å². The molecule has 4 heterocycles. The summed E-state index contributed by atoms with van der Waals surface area (Å²) < 4.78 is 11.9. The third-order valence-corrected chi connectivity index (χ3v) is 7.50. The summed E-state index contributed by atoms with van der Waals surface area (Å²) in [5, 5.41) is 5.12. The van der Waals surface area contributed by atoms with Crippen molar-refractivity contribution in [3.63, 3.8) is 0 Å². The van der Waals surface area contributed by atoms with Gasteiger partial charge in [0, 0.05) is 67.0 Å². The Morgan fingerprint density at radius 3 is 2.53 bits per heavy atom. The van der Waals surface area contributed by atoms with Crippen molar-refractivity contribution in [2.45, 2.75) is 34.9 Å². The number of likely N-dealkylation sites (N-methyl/N-ethyl adjacent to an activating group) is 1. The van der Waals surface area contributed by atoms with E-state index in [-0.39, 0.29) is 6.17 Å². The van der Waals surface area contributed by atoms with Crippen LogP contribution < -0.4 is 5.32 Å². The predicted molar refractivity (Wildman–Crippen MR) is 128 cm³/mol. The molecule has 1 aromatic carbocycles. The van der Waals surface area contributed by atoms with Crippen LogP contribution in [-0.2, 0) is 4.74 Å². The van der Waals surface area contributed by atoms with Crippen molar-refractivity contribution in [3.05, 3.63) is 59.2 Å². The number of nitrogens with one attached hydrogen (secondary N) is 1.